The number of nitro groups is 1. The Labute approximate surface area is 126 Å². The van der Waals surface area contributed by atoms with E-state index in [-0.39, 0.29) is 10.6 Å². The zero-order chi connectivity index (χ0) is 13.8. The van der Waals surface area contributed by atoms with Gasteiger partial charge in [-0.05, 0) is 60.5 Å². The highest BCUT2D eigenvalue weighted by Gasteiger charge is 2.17. The fourth-order valence-corrected chi connectivity index (χ4v) is 3.40. The van der Waals surface area contributed by atoms with Gasteiger partial charge in [-0.1, -0.05) is 0 Å². The molecule has 1 aliphatic rings. The predicted molar refractivity (Wildman–Crippen MR) is 84.7 cm³/mol. The zero-order valence-electron chi connectivity index (χ0n) is 10.9. The van der Waals surface area contributed by atoms with E-state index >= 15 is 0 Å². The van der Waals surface area contributed by atoms with Crippen molar-refractivity contribution in [2.45, 2.75) is 12.8 Å². The molecule has 0 radical (unpaired) electrons. The number of nitrogens with zero attached hydrogens (tertiary/aromatic N) is 2. The van der Waals surface area contributed by atoms with Crippen LogP contribution in [0.15, 0.2) is 18.2 Å². The molecule has 0 aliphatic carbocycles. The lowest BCUT2D eigenvalue weighted by molar-refractivity contribution is -0.384. The van der Waals surface area contributed by atoms with Crippen LogP contribution in [0, 0.1) is 19.6 Å². The number of hydrogen-bond acceptors (Lipinski definition) is 4. The molecule has 1 saturated heterocycles. The number of anilines is 1. The van der Waals surface area contributed by atoms with Crippen LogP contribution < -0.4 is 10.2 Å². The summed E-state index contributed by atoms with van der Waals surface area (Å²) in [4.78, 5) is 12.6. The van der Waals surface area contributed by atoms with Gasteiger partial charge in [-0.15, -0.1) is 0 Å². The third-order valence-corrected chi connectivity index (χ3v) is 4.35. The van der Waals surface area contributed by atoms with E-state index in [4.69, 9.17) is 0 Å². The molecule has 0 spiro atoms. The SMILES string of the molecule is CN(CC1CCCNC1)c1ccc([N+](=O)[O-])cc1I. The van der Waals surface area contributed by atoms with E-state index in [9.17, 15) is 10.1 Å². The summed E-state index contributed by atoms with van der Waals surface area (Å²) in [6.07, 6.45) is 2.48. The number of nitrogens with one attached hydrogen (secondary N) is 1. The molecule has 1 N–H and O–H groups in total. The van der Waals surface area contributed by atoms with Crippen molar-refractivity contribution in [2.75, 3.05) is 31.6 Å². The molecule has 0 amide bonds. The molecule has 1 unspecified atom stereocenters. The van der Waals surface area contributed by atoms with Crippen LogP contribution in [0.25, 0.3) is 0 Å². The first kappa shape index (κ1) is 14.5. The van der Waals surface area contributed by atoms with E-state index in [0.29, 0.717) is 5.92 Å². The number of halogens is 1. The molecule has 6 heteroatoms. The maximum atomic E-state index is 10.7. The Morgan fingerprint density at radius 1 is 1.58 bits per heavy atom. The molecular weight excluding hydrogens is 357 g/mol. The lowest BCUT2D eigenvalue weighted by Crippen LogP contribution is -2.37. The van der Waals surface area contributed by atoms with Crippen molar-refractivity contribution in [1.82, 2.24) is 5.32 Å². The molecule has 1 atom stereocenters. The standard InChI is InChI=1S/C13H18IN3O2/c1-16(9-10-3-2-6-15-8-10)13-5-4-11(17(18)19)7-12(13)14/h4-5,7,10,15H,2-3,6,8-9H2,1H3. The predicted octanol–water partition coefficient (Wildman–Crippen LogP) is 2.64. The molecule has 19 heavy (non-hydrogen) atoms. The third-order valence-electron chi connectivity index (χ3n) is 3.48. The topological polar surface area (TPSA) is 58.4 Å². The average Bonchev–Trinajstić information content (AvgIpc) is 2.39. The summed E-state index contributed by atoms with van der Waals surface area (Å²) in [5.41, 5.74) is 1.22. The Morgan fingerprint density at radius 2 is 2.37 bits per heavy atom. The number of hydrogen-bond donors (Lipinski definition) is 1. The van der Waals surface area contributed by atoms with Gasteiger partial charge >= 0.3 is 0 Å². The van der Waals surface area contributed by atoms with Crippen LogP contribution in [0.2, 0.25) is 0 Å². The monoisotopic (exact) mass is 375 g/mol. The number of nitro benzene ring substituents is 1. The van der Waals surface area contributed by atoms with Gasteiger partial charge in [0.25, 0.3) is 5.69 Å². The minimum Gasteiger partial charge on any atom is -0.373 e. The summed E-state index contributed by atoms with van der Waals surface area (Å²) < 4.78 is 0.929. The number of piperidine rings is 1. The smallest absolute Gasteiger partial charge is 0.270 e. The van der Waals surface area contributed by atoms with E-state index in [1.807, 2.05) is 6.07 Å². The third kappa shape index (κ3) is 3.79. The Bertz CT molecular complexity index is 461. The Balaban J connectivity index is 2.05. The van der Waals surface area contributed by atoms with Crippen LogP contribution in [-0.4, -0.2) is 31.6 Å². The van der Waals surface area contributed by atoms with Crippen molar-refractivity contribution in [3.05, 3.63) is 31.9 Å². The van der Waals surface area contributed by atoms with Gasteiger partial charge in [0.1, 0.15) is 0 Å². The van der Waals surface area contributed by atoms with E-state index < -0.39 is 0 Å². The molecule has 2 rings (SSSR count). The summed E-state index contributed by atoms with van der Waals surface area (Å²) in [5.74, 6) is 0.657. The van der Waals surface area contributed by atoms with Crippen molar-refractivity contribution < 1.29 is 4.92 Å². The lowest BCUT2D eigenvalue weighted by atomic mass is 9.99. The first-order valence-electron chi connectivity index (χ1n) is 6.43. The second kappa shape index (κ2) is 6.51. The summed E-state index contributed by atoms with van der Waals surface area (Å²) in [6.45, 7) is 3.17. The van der Waals surface area contributed by atoms with Gasteiger partial charge in [0.2, 0.25) is 0 Å². The first-order chi connectivity index (χ1) is 9.08. The fourth-order valence-electron chi connectivity index (χ4n) is 2.48. The zero-order valence-corrected chi connectivity index (χ0v) is 13.1. The second-order valence-electron chi connectivity index (χ2n) is 4.99. The van der Waals surface area contributed by atoms with Crippen LogP contribution in [-0.2, 0) is 0 Å². The molecule has 0 saturated carbocycles. The Morgan fingerprint density at radius 3 is 2.95 bits per heavy atom. The summed E-state index contributed by atoms with van der Waals surface area (Å²) >= 11 is 2.17. The van der Waals surface area contributed by atoms with Gasteiger partial charge in [-0.3, -0.25) is 10.1 Å². The lowest BCUT2D eigenvalue weighted by Gasteiger charge is -2.29. The second-order valence-corrected chi connectivity index (χ2v) is 6.15. The maximum Gasteiger partial charge on any atom is 0.270 e. The van der Waals surface area contributed by atoms with Gasteiger partial charge in [-0.2, -0.15) is 0 Å². The molecule has 0 bridgehead atoms. The average molecular weight is 375 g/mol. The summed E-state index contributed by atoms with van der Waals surface area (Å²) in [7, 11) is 2.05. The van der Waals surface area contributed by atoms with Gasteiger partial charge in [0.05, 0.1) is 10.6 Å². The van der Waals surface area contributed by atoms with Crippen molar-refractivity contribution in [3.63, 3.8) is 0 Å². The number of non-ortho nitro benzene ring substituents is 1. The van der Waals surface area contributed by atoms with Gasteiger partial charge in [0, 0.05) is 29.3 Å². The van der Waals surface area contributed by atoms with E-state index in [0.717, 1.165) is 28.9 Å². The number of rotatable bonds is 4. The van der Waals surface area contributed by atoms with E-state index in [1.165, 1.54) is 12.8 Å². The maximum absolute atomic E-state index is 10.7. The quantitative estimate of drug-likeness (QED) is 0.500. The minimum absolute atomic E-state index is 0.154. The Hall–Kier alpha value is -0.890. The van der Waals surface area contributed by atoms with Gasteiger partial charge < -0.3 is 10.2 Å². The largest absolute Gasteiger partial charge is 0.373 e. The normalized spacial score (nSPS) is 19.2. The molecule has 1 heterocycles. The van der Waals surface area contributed by atoms with E-state index in [1.54, 1.807) is 12.1 Å². The molecule has 1 aromatic rings. The summed E-state index contributed by atoms with van der Waals surface area (Å²) in [5, 5.41) is 14.1. The van der Waals surface area contributed by atoms with Crippen molar-refractivity contribution >= 4 is 34.0 Å². The van der Waals surface area contributed by atoms with E-state index in [2.05, 4.69) is 39.9 Å². The highest BCUT2D eigenvalue weighted by molar-refractivity contribution is 14.1. The van der Waals surface area contributed by atoms with Crippen LogP contribution in [0.1, 0.15) is 12.8 Å². The molecule has 1 aliphatic heterocycles. The van der Waals surface area contributed by atoms with Crippen molar-refractivity contribution in [3.8, 4) is 0 Å². The van der Waals surface area contributed by atoms with Crippen molar-refractivity contribution in [2.24, 2.45) is 5.92 Å². The minimum atomic E-state index is -0.350. The highest BCUT2D eigenvalue weighted by Crippen LogP contribution is 2.27. The molecule has 1 aromatic carbocycles. The van der Waals surface area contributed by atoms with Crippen LogP contribution in [0.5, 0.6) is 0 Å². The Kier molecular flexibility index (Phi) is 4.98. The first-order valence-corrected chi connectivity index (χ1v) is 7.51. The van der Waals surface area contributed by atoms with Crippen LogP contribution in [0.4, 0.5) is 11.4 Å². The van der Waals surface area contributed by atoms with Crippen LogP contribution >= 0.6 is 22.6 Å². The van der Waals surface area contributed by atoms with Crippen LogP contribution in [0.3, 0.4) is 0 Å². The van der Waals surface area contributed by atoms with Crippen molar-refractivity contribution in [1.29, 1.82) is 0 Å². The van der Waals surface area contributed by atoms with Gasteiger partial charge in [-0.25, -0.2) is 0 Å². The van der Waals surface area contributed by atoms with Gasteiger partial charge in [0.15, 0.2) is 0 Å². The molecule has 5 nitrogen and oxygen atoms in total. The molecule has 1 fully saturated rings. The molecule has 104 valence electrons. The molecular formula is C13H18IN3O2. The molecule has 0 aromatic heterocycles. The fraction of sp³-hybridized carbons (Fsp3) is 0.538. The highest BCUT2D eigenvalue weighted by atomic mass is 127. The number of benzene rings is 1. The summed E-state index contributed by atoms with van der Waals surface area (Å²) in [6, 6.07) is 5.05.